The molecule has 3 N–H and O–H groups in total. The van der Waals surface area contributed by atoms with Gasteiger partial charge in [-0.15, -0.1) is 23.1 Å². The highest BCUT2D eigenvalue weighted by molar-refractivity contribution is 8.00. The van der Waals surface area contributed by atoms with Crippen LogP contribution in [0.5, 0.6) is 11.5 Å². The Morgan fingerprint density at radius 2 is 2.00 bits per heavy atom. The maximum Gasteiger partial charge on any atom is 0.251 e. The second-order valence-corrected chi connectivity index (χ2v) is 9.00. The van der Waals surface area contributed by atoms with Gasteiger partial charge in [0.15, 0.2) is 11.5 Å². The van der Waals surface area contributed by atoms with Gasteiger partial charge in [0.05, 0.1) is 10.8 Å². The number of primary amides is 1. The molecule has 2 aromatic rings. The van der Waals surface area contributed by atoms with Crippen molar-refractivity contribution in [2.75, 3.05) is 18.5 Å². The van der Waals surface area contributed by atoms with E-state index in [9.17, 15) is 9.59 Å². The minimum Gasteiger partial charge on any atom is -0.486 e. The van der Waals surface area contributed by atoms with Gasteiger partial charge in [-0.25, -0.2) is 0 Å². The Kier molecular flexibility index (Phi) is 5.01. The van der Waals surface area contributed by atoms with E-state index in [0.717, 1.165) is 40.3 Å². The van der Waals surface area contributed by atoms with Crippen LogP contribution in [0, 0.1) is 0 Å². The number of ether oxygens (including phenoxy) is 2. The first-order valence-corrected chi connectivity index (χ1v) is 10.5. The number of anilines is 1. The lowest BCUT2D eigenvalue weighted by Crippen LogP contribution is -2.24. The topological polar surface area (TPSA) is 90.7 Å². The smallest absolute Gasteiger partial charge is 0.251 e. The molecular formula is C19H20N2O4S2. The third kappa shape index (κ3) is 3.64. The van der Waals surface area contributed by atoms with E-state index in [1.165, 1.54) is 23.1 Å². The van der Waals surface area contributed by atoms with E-state index in [4.69, 9.17) is 15.2 Å². The fraction of sp³-hybridized carbons (Fsp3) is 0.368. The molecule has 2 amide bonds. The van der Waals surface area contributed by atoms with Crippen LogP contribution in [0.25, 0.3) is 0 Å². The van der Waals surface area contributed by atoms with Crippen LogP contribution in [0.15, 0.2) is 23.1 Å². The maximum atomic E-state index is 12.7. The first-order chi connectivity index (χ1) is 13.0. The van der Waals surface area contributed by atoms with Gasteiger partial charge in [-0.1, -0.05) is 0 Å². The summed E-state index contributed by atoms with van der Waals surface area (Å²) in [6.07, 6.45) is 2.82. The molecule has 0 saturated heterocycles. The van der Waals surface area contributed by atoms with Gasteiger partial charge >= 0.3 is 0 Å². The molecule has 27 heavy (non-hydrogen) atoms. The molecule has 2 heterocycles. The molecule has 2 aliphatic rings. The summed E-state index contributed by atoms with van der Waals surface area (Å²) in [7, 11) is 0. The summed E-state index contributed by atoms with van der Waals surface area (Å²) in [5.74, 6) is 0.792. The van der Waals surface area contributed by atoms with E-state index in [-0.39, 0.29) is 11.2 Å². The predicted molar refractivity (Wildman–Crippen MR) is 106 cm³/mol. The third-order valence-electron chi connectivity index (χ3n) is 4.60. The van der Waals surface area contributed by atoms with E-state index >= 15 is 0 Å². The molecule has 142 valence electrons. The Morgan fingerprint density at radius 1 is 1.22 bits per heavy atom. The van der Waals surface area contributed by atoms with E-state index in [0.29, 0.717) is 29.5 Å². The summed E-state index contributed by atoms with van der Waals surface area (Å²) in [5, 5.41) is 3.14. The Bertz CT molecular complexity index is 909. The number of carbonyl (C=O) groups excluding carboxylic acids is 2. The van der Waals surface area contributed by atoms with Gasteiger partial charge in [0, 0.05) is 9.77 Å². The second kappa shape index (κ2) is 7.44. The summed E-state index contributed by atoms with van der Waals surface area (Å²) >= 11 is 2.90. The number of aryl methyl sites for hydroxylation is 1. The molecule has 0 radical (unpaired) electrons. The number of hydrogen-bond acceptors (Lipinski definition) is 6. The monoisotopic (exact) mass is 404 g/mol. The van der Waals surface area contributed by atoms with Crippen molar-refractivity contribution in [2.24, 2.45) is 5.73 Å². The highest BCUT2D eigenvalue weighted by atomic mass is 32.2. The molecule has 6 nitrogen and oxygen atoms in total. The van der Waals surface area contributed by atoms with Crippen molar-refractivity contribution >= 4 is 39.9 Å². The van der Waals surface area contributed by atoms with Gasteiger partial charge in [-0.05, 0) is 49.9 Å². The lowest BCUT2D eigenvalue weighted by molar-refractivity contribution is -0.115. The maximum absolute atomic E-state index is 12.7. The molecule has 1 atom stereocenters. The molecule has 0 fully saturated rings. The minimum absolute atomic E-state index is 0.155. The van der Waals surface area contributed by atoms with Crippen LogP contribution in [0.4, 0.5) is 5.00 Å². The Labute approximate surface area is 165 Å². The van der Waals surface area contributed by atoms with Crippen LogP contribution >= 0.6 is 23.1 Å². The van der Waals surface area contributed by atoms with Crippen molar-refractivity contribution in [3.8, 4) is 11.5 Å². The molecule has 1 aromatic carbocycles. The van der Waals surface area contributed by atoms with E-state index < -0.39 is 5.91 Å². The number of thiophene rings is 1. The summed E-state index contributed by atoms with van der Waals surface area (Å²) in [4.78, 5) is 26.6. The van der Waals surface area contributed by atoms with Crippen molar-refractivity contribution < 1.29 is 19.1 Å². The summed E-state index contributed by atoms with van der Waals surface area (Å²) in [5.41, 5.74) is 7.05. The predicted octanol–water partition coefficient (Wildman–Crippen LogP) is 3.23. The molecule has 1 aromatic heterocycles. The van der Waals surface area contributed by atoms with Crippen molar-refractivity contribution in [2.45, 2.75) is 36.3 Å². The normalized spacial score (nSPS) is 15.9. The lowest BCUT2D eigenvalue weighted by atomic mass is 10.1. The quantitative estimate of drug-likeness (QED) is 0.747. The van der Waals surface area contributed by atoms with Crippen molar-refractivity contribution in [3.63, 3.8) is 0 Å². The van der Waals surface area contributed by atoms with E-state index in [1.807, 2.05) is 25.1 Å². The van der Waals surface area contributed by atoms with Crippen LogP contribution in [0.3, 0.4) is 0 Å². The third-order valence-corrected chi connectivity index (χ3v) is 6.90. The number of nitrogens with two attached hydrogens (primary N) is 1. The number of hydrogen-bond donors (Lipinski definition) is 2. The van der Waals surface area contributed by atoms with Crippen molar-refractivity contribution in [3.05, 3.63) is 34.2 Å². The number of benzene rings is 1. The van der Waals surface area contributed by atoms with Crippen LogP contribution < -0.4 is 20.5 Å². The summed E-state index contributed by atoms with van der Waals surface area (Å²) < 4.78 is 11.1. The second-order valence-electron chi connectivity index (χ2n) is 6.48. The zero-order chi connectivity index (χ0) is 19.0. The number of rotatable bonds is 5. The van der Waals surface area contributed by atoms with Gasteiger partial charge < -0.3 is 20.5 Å². The van der Waals surface area contributed by atoms with Crippen LogP contribution in [0.1, 0.15) is 34.1 Å². The van der Waals surface area contributed by atoms with Crippen LogP contribution in [-0.4, -0.2) is 30.3 Å². The number of thioether (sulfide) groups is 1. The van der Waals surface area contributed by atoms with E-state index in [2.05, 4.69) is 5.32 Å². The molecule has 0 spiro atoms. The largest absolute Gasteiger partial charge is 0.486 e. The SMILES string of the molecule is C[C@@H](Sc1ccc2c(c1)OCCO2)C(=O)Nc1sc2c(c1C(N)=O)CCC2. The fourth-order valence-corrected chi connectivity index (χ4v) is 5.51. The lowest BCUT2D eigenvalue weighted by Gasteiger charge is -2.19. The van der Waals surface area contributed by atoms with Gasteiger partial charge in [0.1, 0.15) is 18.2 Å². The van der Waals surface area contributed by atoms with Crippen molar-refractivity contribution in [1.29, 1.82) is 0 Å². The molecule has 8 heteroatoms. The van der Waals surface area contributed by atoms with Gasteiger partial charge in [-0.2, -0.15) is 0 Å². The minimum atomic E-state index is -0.475. The van der Waals surface area contributed by atoms with Crippen LogP contribution in [0.2, 0.25) is 0 Å². The first-order valence-electron chi connectivity index (χ1n) is 8.84. The number of nitrogens with one attached hydrogen (secondary N) is 1. The number of carbonyl (C=O) groups is 2. The standard InChI is InChI=1S/C19H20N2O4S2/c1-10(26-11-5-6-13-14(9-11)25-8-7-24-13)18(23)21-19-16(17(20)22)12-3-2-4-15(12)27-19/h5-6,9-10H,2-4,7-8H2,1H3,(H2,20,22)(H,21,23)/t10-/m1/s1. The molecule has 1 aliphatic carbocycles. The zero-order valence-electron chi connectivity index (χ0n) is 14.9. The molecular weight excluding hydrogens is 384 g/mol. The van der Waals surface area contributed by atoms with Gasteiger partial charge in [0.25, 0.3) is 5.91 Å². The summed E-state index contributed by atoms with van der Waals surface area (Å²) in [6.45, 7) is 2.91. The molecule has 0 saturated carbocycles. The Hall–Kier alpha value is -2.19. The van der Waals surface area contributed by atoms with Gasteiger partial charge in [0.2, 0.25) is 5.91 Å². The number of fused-ring (bicyclic) bond motifs is 2. The van der Waals surface area contributed by atoms with Crippen molar-refractivity contribution in [1.82, 2.24) is 0 Å². The summed E-state index contributed by atoms with van der Waals surface area (Å²) in [6, 6.07) is 5.66. The fourth-order valence-electron chi connectivity index (χ4n) is 3.32. The molecule has 0 bridgehead atoms. The van der Waals surface area contributed by atoms with Crippen LogP contribution in [-0.2, 0) is 17.6 Å². The molecule has 4 rings (SSSR count). The number of amides is 2. The Balaban J connectivity index is 1.47. The zero-order valence-corrected chi connectivity index (χ0v) is 16.5. The highest BCUT2D eigenvalue weighted by Crippen LogP contribution is 2.40. The first kappa shape index (κ1) is 18.2. The Morgan fingerprint density at radius 3 is 2.78 bits per heavy atom. The average Bonchev–Trinajstić information content (AvgIpc) is 3.21. The molecule has 0 unspecified atom stereocenters. The highest BCUT2D eigenvalue weighted by Gasteiger charge is 2.27. The van der Waals surface area contributed by atoms with E-state index in [1.54, 1.807) is 0 Å². The average molecular weight is 405 g/mol. The molecule has 1 aliphatic heterocycles. The van der Waals surface area contributed by atoms with Gasteiger partial charge in [-0.3, -0.25) is 9.59 Å².